The monoisotopic (exact) mass is 233 g/mol. The van der Waals surface area contributed by atoms with Crippen LogP contribution in [0.3, 0.4) is 0 Å². The summed E-state index contributed by atoms with van der Waals surface area (Å²) >= 11 is 1.56. The van der Waals surface area contributed by atoms with Crippen molar-refractivity contribution in [3.63, 3.8) is 0 Å². The molecule has 2 rings (SSSR count). The van der Waals surface area contributed by atoms with E-state index in [2.05, 4.69) is 4.98 Å². The molecule has 3 nitrogen and oxygen atoms in total. The summed E-state index contributed by atoms with van der Waals surface area (Å²) in [5, 5.41) is 10.6. The lowest BCUT2D eigenvalue weighted by Crippen LogP contribution is -1.97. The van der Waals surface area contributed by atoms with E-state index in [9.17, 15) is 4.79 Å². The number of benzene rings is 1. The number of aryl methyl sites for hydroxylation is 1. The highest BCUT2D eigenvalue weighted by atomic mass is 32.1. The van der Waals surface area contributed by atoms with Gasteiger partial charge in [0.1, 0.15) is 0 Å². The maximum Gasteiger partial charge on any atom is 0.303 e. The van der Waals surface area contributed by atoms with Gasteiger partial charge in [0.15, 0.2) is 0 Å². The van der Waals surface area contributed by atoms with Gasteiger partial charge in [-0.05, 0) is 12.0 Å². The van der Waals surface area contributed by atoms with Crippen molar-refractivity contribution < 1.29 is 9.90 Å². The molecule has 0 radical (unpaired) electrons. The SMILES string of the molecule is O=C(O)CCc1ccc(-c2cscn2)cc1. The van der Waals surface area contributed by atoms with Gasteiger partial charge in [0.25, 0.3) is 0 Å². The molecule has 0 unspecified atom stereocenters. The Hall–Kier alpha value is -1.68. The molecule has 1 N–H and O–H groups in total. The van der Waals surface area contributed by atoms with Crippen molar-refractivity contribution in [1.29, 1.82) is 0 Å². The van der Waals surface area contributed by atoms with Gasteiger partial charge in [-0.25, -0.2) is 4.98 Å². The van der Waals surface area contributed by atoms with E-state index in [0.717, 1.165) is 16.8 Å². The zero-order valence-corrected chi connectivity index (χ0v) is 9.41. The van der Waals surface area contributed by atoms with E-state index in [0.29, 0.717) is 6.42 Å². The lowest BCUT2D eigenvalue weighted by atomic mass is 10.1. The zero-order chi connectivity index (χ0) is 11.4. The van der Waals surface area contributed by atoms with Crippen molar-refractivity contribution in [1.82, 2.24) is 4.98 Å². The zero-order valence-electron chi connectivity index (χ0n) is 8.59. The normalized spacial score (nSPS) is 10.2. The molecule has 82 valence electrons. The minimum Gasteiger partial charge on any atom is -0.481 e. The third-order valence-corrected chi connectivity index (χ3v) is 2.90. The Morgan fingerprint density at radius 1 is 1.31 bits per heavy atom. The van der Waals surface area contributed by atoms with Gasteiger partial charge in [-0.15, -0.1) is 11.3 Å². The third-order valence-electron chi connectivity index (χ3n) is 2.31. The first-order valence-electron chi connectivity index (χ1n) is 4.95. The topological polar surface area (TPSA) is 50.2 Å². The van der Waals surface area contributed by atoms with Crippen LogP contribution in [0.15, 0.2) is 35.2 Å². The van der Waals surface area contributed by atoms with E-state index in [1.807, 2.05) is 29.6 Å². The van der Waals surface area contributed by atoms with Gasteiger partial charge in [-0.3, -0.25) is 4.79 Å². The van der Waals surface area contributed by atoms with Gasteiger partial charge in [-0.2, -0.15) is 0 Å². The highest BCUT2D eigenvalue weighted by Gasteiger charge is 2.01. The van der Waals surface area contributed by atoms with E-state index in [1.54, 1.807) is 16.8 Å². The number of rotatable bonds is 4. The van der Waals surface area contributed by atoms with Gasteiger partial charge in [0.2, 0.25) is 0 Å². The van der Waals surface area contributed by atoms with Crippen molar-refractivity contribution in [2.75, 3.05) is 0 Å². The van der Waals surface area contributed by atoms with Gasteiger partial charge in [-0.1, -0.05) is 24.3 Å². The van der Waals surface area contributed by atoms with E-state index in [-0.39, 0.29) is 6.42 Å². The lowest BCUT2D eigenvalue weighted by Gasteiger charge is -2.00. The van der Waals surface area contributed by atoms with Crippen LogP contribution in [0.4, 0.5) is 0 Å². The number of aliphatic carboxylic acids is 1. The number of aromatic nitrogens is 1. The molecule has 0 atom stereocenters. The summed E-state index contributed by atoms with van der Waals surface area (Å²) in [6, 6.07) is 7.87. The second-order valence-corrected chi connectivity index (χ2v) is 4.18. The van der Waals surface area contributed by atoms with Crippen molar-refractivity contribution >= 4 is 17.3 Å². The Balaban J connectivity index is 2.08. The predicted octanol–water partition coefficient (Wildman–Crippen LogP) is 2.83. The number of hydrogen-bond donors (Lipinski definition) is 1. The van der Waals surface area contributed by atoms with Crippen molar-refractivity contribution in [2.45, 2.75) is 12.8 Å². The van der Waals surface area contributed by atoms with Crippen molar-refractivity contribution in [2.24, 2.45) is 0 Å². The number of carbonyl (C=O) groups is 1. The Morgan fingerprint density at radius 3 is 2.62 bits per heavy atom. The molecule has 0 spiro atoms. The van der Waals surface area contributed by atoms with Crippen LogP contribution in [0.25, 0.3) is 11.3 Å². The van der Waals surface area contributed by atoms with Crippen LogP contribution in [-0.2, 0) is 11.2 Å². The minimum atomic E-state index is -0.761. The van der Waals surface area contributed by atoms with Crippen LogP contribution in [0.2, 0.25) is 0 Å². The first-order valence-corrected chi connectivity index (χ1v) is 5.89. The van der Waals surface area contributed by atoms with Crippen LogP contribution in [0.1, 0.15) is 12.0 Å². The van der Waals surface area contributed by atoms with Crippen molar-refractivity contribution in [3.05, 3.63) is 40.7 Å². The molecule has 0 saturated heterocycles. The van der Waals surface area contributed by atoms with E-state index in [1.165, 1.54) is 0 Å². The summed E-state index contributed by atoms with van der Waals surface area (Å²) in [5.41, 5.74) is 4.88. The first kappa shape index (κ1) is 10.8. The molecule has 0 aliphatic rings. The number of thiazole rings is 1. The average molecular weight is 233 g/mol. The molecular weight excluding hydrogens is 222 g/mol. The fraction of sp³-hybridized carbons (Fsp3) is 0.167. The maximum absolute atomic E-state index is 10.4. The second kappa shape index (κ2) is 4.90. The van der Waals surface area contributed by atoms with E-state index >= 15 is 0 Å². The van der Waals surface area contributed by atoms with E-state index in [4.69, 9.17) is 5.11 Å². The first-order chi connectivity index (χ1) is 7.75. The maximum atomic E-state index is 10.4. The second-order valence-electron chi connectivity index (χ2n) is 3.46. The molecule has 16 heavy (non-hydrogen) atoms. The standard InChI is InChI=1S/C12H11NO2S/c14-12(15)6-3-9-1-4-10(5-2-9)11-7-16-8-13-11/h1-2,4-5,7-8H,3,6H2,(H,14,15). The molecule has 1 heterocycles. The lowest BCUT2D eigenvalue weighted by molar-refractivity contribution is -0.136. The number of carboxylic acid groups (broad SMARTS) is 1. The largest absolute Gasteiger partial charge is 0.481 e. The summed E-state index contributed by atoms with van der Waals surface area (Å²) in [6.45, 7) is 0. The molecule has 1 aromatic carbocycles. The third kappa shape index (κ3) is 2.67. The summed E-state index contributed by atoms with van der Waals surface area (Å²) in [4.78, 5) is 14.6. The molecule has 0 aliphatic heterocycles. The molecular formula is C12H11NO2S. The quantitative estimate of drug-likeness (QED) is 0.883. The van der Waals surface area contributed by atoms with Gasteiger partial charge in [0, 0.05) is 17.4 Å². The summed E-state index contributed by atoms with van der Waals surface area (Å²) in [6.07, 6.45) is 0.753. The van der Waals surface area contributed by atoms with Gasteiger partial charge in [0.05, 0.1) is 11.2 Å². The summed E-state index contributed by atoms with van der Waals surface area (Å²) in [5.74, 6) is -0.761. The minimum absolute atomic E-state index is 0.177. The average Bonchev–Trinajstić information content (AvgIpc) is 2.80. The number of nitrogens with zero attached hydrogens (tertiary/aromatic N) is 1. The fourth-order valence-corrected chi connectivity index (χ4v) is 2.01. The molecule has 0 amide bonds. The Kier molecular flexibility index (Phi) is 3.31. The van der Waals surface area contributed by atoms with E-state index < -0.39 is 5.97 Å². The Bertz CT molecular complexity index is 462. The molecule has 2 aromatic rings. The number of carboxylic acids is 1. The highest BCUT2D eigenvalue weighted by molar-refractivity contribution is 7.07. The highest BCUT2D eigenvalue weighted by Crippen LogP contribution is 2.19. The Morgan fingerprint density at radius 2 is 2.06 bits per heavy atom. The smallest absolute Gasteiger partial charge is 0.303 e. The van der Waals surface area contributed by atoms with Gasteiger partial charge >= 0.3 is 5.97 Å². The van der Waals surface area contributed by atoms with Crippen LogP contribution >= 0.6 is 11.3 Å². The number of hydrogen-bond acceptors (Lipinski definition) is 3. The van der Waals surface area contributed by atoms with Crippen LogP contribution < -0.4 is 0 Å². The summed E-state index contributed by atoms with van der Waals surface area (Å²) in [7, 11) is 0. The fourth-order valence-electron chi connectivity index (χ4n) is 1.45. The molecule has 1 aromatic heterocycles. The molecule has 0 fully saturated rings. The summed E-state index contributed by atoms with van der Waals surface area (Å²) < 4.78 is 0. The molecule has 4 heteroatoms. The molecule has 0 bridgehead atoms. The van der Waals surface area contributed by atoms with Crippen molar-refractivity contribution in [3.8, 4) is 11.3 Å². The van der Waals surface area contributed by atoms with Crippen LogP contribution in [0, 0.1) is 0 Å². The molecule has 0 saturated carbocycles. The molecule has 0 aliphatic carbocycles. The van der Waals surface area contributed by atoms with Crippen LogP contribution in [-0.4, -0.2) is 16.1 Å². The predicted molar refractivity (Wildman–Crippen MR) is 63.5 cm³/mol. The Labute approximate surface area is 97.4 Å². The van der Waals surface area contributed by atoms with Gasteiger partial charge < -0.3 is 5.11 Å². The van der Waals surface area contributed by atoms with Crippen LogP contribution in [0.5, 0.6) is 0 Å².